The number of ether oxygens (including phenoxy) is 2. The highest BCUT2D eigenvalue weighted by Crippen LogP contribution is 1.99. The Bertz CT molecular complexity index is 178. The summed E-state index contributed by atoms with van der Waals surface area (Å²) in [6.45, 7) is -0.719. The Balaban J connectivity index is 3.79. The Hall–Kier alpha value is -1.50. The fourth-order valence-corrected chi connectivity index (χ4v) is 0.627. The standard InChI is InChI=1S/C6H10O7/c7-2-1-4(13-6(10)11)3-12-5(8)9/h4,7H,1-3H2,(H,8,9)(H,10,11). The zero-order valence-corrected chi connectivity index (χ0v) is 6.67. The summed E-state index contributed by atoms with van der Waals surface area (Å²) >= 11 is 0. The van der Waals surface area contributed by atoms with Crippen molar-refractivity contribution in [3.63, 3.8) is 0 Å². The van der Waals surface area contributed by atoms with Gasteiger partial charge < -0.3 is 24.8 Å². The van der Waals surface area contributed by atoms with Gasteiger partial charge in [0.15, 0.2) is 0 Å². The van der Waals surface area contributed by atoms with Gasteiger partial charge in [0.2, 0.25) is 0 Å². The van der Waals surface area contributed by atoms with Gasteiger partial charge >= 0.3 is 12.3 Å². The van der Waals surface area contributed by atoms with Gasteiger partial charge in [0.1, 0.15) is 12.7 Å². The molecule has 0 saturated carbocycles. The molecule has 0 rings (SSSR count). The molecule has 1 atom stereocenters. The first-order valence-electron chi connectivity index (χ1n) is 3.42. The zero-order chi connectivity index (χ0) is 10.3. The molecule has 0 aliphatic rings. The maximum absolute atomic E-state index is 10.0. The maximum atomic E-state index is 10.0. The molecule has 0 spiro atoms. The Morgan fingerprint density at radius 2 is 1.85 bits per heavy atom. The molecular formula is C6H10O7. The van der Waals surface area contributed by atoms with Gasteiger partial charge in [0.25, 0.3) is 0 Å². The van der Waals surface area contributed by atoms with E-state index >= 15 is 0 Å². The lowest BCUT2D eigenvalue weighted by Crippen LogP contribution is -2.25. The maximum Gasteiger partial charge on any atom is 0.506 e. The monoisotopic (exact) mass is 194 g/mol. The van der Waals surface area contributed by atoms with Crippen molar-refractivity contribution in [3.8, 4) is 0 Å². The van der Waals surface area contributed by atoms with Crippen molar-refractivity contribution in [1.82, 2.24) is 0 Å². The SMILES string of the molecule is O=C(O)OCC(CCO)OC(=O)O. The van der Waals surface area contributed by atoms with E-state index in [1.165, 1.54) is 0 Å². The first-order chi connectivity index (χ1) is 6.06. The molecule has 7 nitrogen and oxygen atoms in total. The van der Waals surface area contributed by atoms with Crippen LogP contribution >= 0.6 is 0 Å². The summed E-state index contributed by atoms with van der Waals surface area (Å²) in [5.41, 5.74) is 0. The molecule has 0 amide bonds. The van der Waals surface area contributed by atoms with Crippen LogP contribution in [0.5, 0.6) is 0 Å². The number of rotatable bonds is 5. The quantitative estimate of drug-likeness (QED) is 0.533. The van der Waals surface area contributed by atoms with E-state index in [9.17, 15) is 9.59 Å². The van der Waals surface area contributed by atoms with Crippen LogP contribution in [0.15, 0.2) is 0 Å². The van der Waals surface area contributed by atoms with Crippen molar-refractivity contribution in [1.29, 1.82) is 0 Å². The van der Waals surface area contributed by atoms with Gasteiger partial charge in [-0.15, -0.1) is 0 Å². The van der Waals surface area contributed by atoms with Gasteiger partial charge in [-0.05, 0) is 0 Å². The van der Waals surface area contributed by atoms with Crippen molar-refractivity contribution < 1.29 is 34.4 Å². The number of hydrogen-bond donors (Lipinski definition) is 3. The van der Waals surface area contributed by atoms with E-state index in [-0.39, 0.29) is 13.0 Å². The average molecular weight is 194 g/mol. The molecule has 0 radical (unpaired) electrons. The van der Waals surface area contributed by atoms with E-state index in [0.29, 0.717) is 0 Å². The predicted octanol–water partition coefficient (Wildman–Crippen LogP) is 0.127. The lowest BCUT2D eigenvalue weighted by atomic mass is 10.3. The highest BCUT2D eigenvalue weighted by atomic mass is 16.7. The van der Waals surface area contributed by atoms with E-state index in [1.54, 1.807) is 0 Å². The molecule has 3 N–H and O–H groups in total. The summed E-state index contributed by atoms with van der Waals surface area (Å²) in [4.78, 5) is 19.9. The third kappa shape index (κ3) is 6.88. The fraction of sp³-hybridized carbons (Fsp3) is 0.667. The molecule has 0 aromatic carbocycles. The van der Waals surface area contributed by atoms with Gasteiger partial charge in [-0.2, -0.15) is 0 Å². The summed E-state index contributed by atoms with van der Waals surface area (Å²) in [6.07, 6.45) is -4.01. The van der Waals surface area contributed by atoms with Gasteiger partial charge in [-0.3, -0.25) is 0 Å². The Kier molecular flexibility index (Phi) is 5.37. The molecule has 0 aromatic rings. The van der Waals surface area contributed by atoms with Gasteiger partial charge in [0.05, 0.1) is 0 Å². The molecule has 76 valence electrons. The Morgan fingerprint density at radius 3 is 2.23 bits per heavy atom. The second-order valence-electron chi connectivity index (χ2n) is 2.09. The number of hydrogen-bond acceptors (Lipinski definition) is 5. The first kappa shape index (κ1) is 11.5. The van der Waals surface area contributed by atoms with Crippen LogP contribution in [0.4, 0.5) is 9.59 Å². The predicted molar refractivity (Wildman–Crippen MR) is 38.6 cm³/mol. The van der Waals surface area contributed by atoms with Crippen molar-refractivity contribution in [2.45, 2.75) is 12.5 Å². The molecule has 13 heavy (non-hydrogen) atoms. The molecule has 0 aliphatic carbocycles. The van der Waals surface area contributed by atoms with Crippen molar-refractivity contribution in [2.75, 3.05) is 13.2 Å². The van der Waals surface area contributed by atoms with Crippen LogP contribution in [-0.2, 0) is 9.47 Å². The normalized spacial score (nSPS) is 11.8. The van der Waals surface area contributed by atoms with Crippen molar-refractivity contribution >= 4 is 12.3 Å². The smallest absolute Gasteiger partial charge is 0.450 e. The van der Waals surface area contributed by atoms with E-state index < -0.39 is 25.0 Å². The van der Waals surface area contributed by atoms with Crippen LogP contribution in [0.2, 0.25) is 0 Å². The molecule has 1 unspecified atom stereocenters. The van der Waals surface area contributed by atoms with Crippen LogP contribution in [0.1, 0.15) is 6.42 Å². The third-order valence-electron chi connectivity index (χ3n) is 1.11. The summed E-state index contributed by atoms with van der Waals surface area (Å²) in [5, 5.41) is 24.7. The summed E-state index contributed by atoms with van der Waals surface area (Å²) in [5.74, 6) is 0. The molecule has 0 aromatic heterocycles. The van der Waals surface area contributed by atoms with Crippen LogP contribution < -0.4 is 0 Å². The molecule has 0 fully saturated rings. The first-order valence-corrected chi connectivity index (χ1v) is 3.42. The Morgan fingerprint density at radius 1 is 1.23 bits per heavy atom. The zero-order valence-electron chi connectivity index (χ0n) is 6.67. The third-order valence-corrected chi connectivity index (χ3v) is 1.11. The number of carbonyl (C=O) groups is 2. The van der Waals surface area contributed by atoms with Crippen LogP contribution in [-0.4, -0.2) is 46.9 Å². The van der Waals surface area contributed by atoms with E-state index in [4.69, 9.17) is 15.3 Å². The van der Waals surface area contributed by atoms with E-state index in [0.717, 1.165) is 0 Å². The van der Waals surface area contributed by atoms with E-state index in [2.05, 4.69) is 9.47 Å². The fourth-order valence-electron chi connectivity index (χ4n) is 0.627. The molecule has 0 saturated heterocycles. The number of aliphatic hydroxyl groups is 1. The van der Waals surface area contributed by atoms with Gasteiger partial charge in [-0.1, -0.05) is 0 Å². The second-order valence-corrected chi connectivity index (χ2v) is 2.09. The summed E-state index contributed by atoms with van der Waals surface area (Å²) in [7, 11) is 0. The number of carboxylic acid groups (broad SMARTS) is 2. The topological polar surface area (TPSA) is 113 Å². The molecule has 0 bridgehead atoms. The summed E-state index contributed by atoms with van der Waals surface area (Å²) < 4.78 is 8.28. The molecule has 0 aliphatic heterocycles. The van der Waals surface area contributed by atoms with Crippen LogP contribution in [0, 0.1) is 0 Å². The average Bonchev–Trinajstić information content (AvgIpc) is 1.99. The second kappa shape index (κ2) is 6.06. The van der Waals surface area contributed by atoms with Crippen LogP contribution in [0.3, 0.4) is 0 Å². The van der Waals surface area contributed by atoms with Gasteiger partial charge in [-0.25, -0.2) is 9.59 Å². The lowest BCUT2D eigenvalue weighted by Gasteiger charge is -2.13. The summed E-state index contributed by atoms with van der Waals surface area (Å²) in [6, 6.07) is 0. The minimum atomic E-state index is -1.53. The largest absolute Gasteiger partial charge is 0.506 e. The minimum Gasteiger partial charge on any atom is -0.450 e. The highest BCUT2D eigenvalue weighted by Gasteiger charge is 2.15. The molecule has 7 heteroatoms. The Labute approximate surface area is 73.5 Å². The highest BCUT2D eigenvalue weighted by molar-refractivity contribution is 5.58. The molecular weight excluding hydrogens is 184 g/mol. The van der Waals surface area contributed by atoms with Crippen LogP contribution in [0.25, 0.3) is 0 Å². The minimum absolute atomic E-state index is 0.000417. The lowest BCUT2D eigenvalue weighted by molar-refractivity contribution is -0.00369. The number of aliphatic hydroxyl groups excluding tert-OH is 1. The molecule has 0 heterocycles. The van der Waals surface area contributed by atoms with Crippen molar-refractivity contribution in [3.05, 3.63) is 0 Å². The van der Waals surface area contributed by atoms with Gasteiger partial charge in [0, 0.05) is 13.0 Å². The van der Waals surface area contributed by atoms with Crippen molar-refractivity contribution in [2.24, 2.45) is 0 Å². The van der Waals surface area contributed by atoms with E-state index in [1.807, 2.05) is 0 Å².